The summed E-state index contributed by atoms with van der Waals surface area (Å²) in [4.78, 5) is 4.49. The zero-order valence-electron chi connectivity index (χ0n) is 16.8. The van der Waals surface area contributed by atoms with Gasteiger partial charge < -0.3 is 24.7 Å². The van der Waals surface area contributed by atoms with E-state index < -0.39 is 5.60 Å². The van der Waals surface area contributed by atoms with Crippen LogP contribution in [-0.4, -0.2) is 35.9 Å². The third kappa shape index (κ3) is 6.84. The average Bonchev–Trinajstić information content (AvgIpc) is 3.16. The lowest BCUT2D eigenvalue weighted by molar-refractivity contribution is 0.0428. The molecule has 0 aromatic carbocycles. The second-order valence-corrected chi connectivity index (χ2v) is 6.71. The number of aryl methyl sites for hydroxylation is 3. The van der Waals surface area contributed by atoms with Gasteiger partial charge in [-0.15, -0.1) is 24.0 Å². The van der Waals surface area contributed by atoms with Crippen LogP contribution in [-0.2, 0) is 12.0 Å². The number of halogens is 1. The highest BCUT2D eigenvalue weighted by molar-refractivity contribution is 14.0. The molecule has 0 saturated heterocycles. The molecule has 0 amide bonds. The van der Waals surface area contributed by atoms with Gasteiger partial charge in [0.05, 0.1) is 12.2 Å². The van der Waals surface area contributed by atoms with E-state index in [9.17, 15) is 5.11 Å². The quantitative estimate of drug-likeness (QED) is 0.228. The molecule has 1 unspecified atom stereocenters. The van der Waals surface area contributed by atoms with E-state index in [0.29, 0.717) is 11.7 Å². The van der Waals surface area contributed by atoms with E-state index in [2.05, 4.69) is 20.8 Å². The molecule has 2 rings (SSSR count). The number of aliphatic imine (C=N–C) groups is 1. The number of nitrogens with one attached hydrogen (secondary N) is 2. The lowest BCUT2D eigenvalue weighted by atomic mass is 10.0. The fraction of sp³-hybridized carbons (Fsp3) is 0.579. The molecule has 2 aromatic rings. The highest BCUT2D eigenvalue weighted by atomic mass is 127. The monoisotopic (exact) mass is 490 g/mol. The van der Waals surface area contributed by atoms with Gasteiger partial charge in [0.15, 0.2) is 5.96 Å². The Morgan fingerprint density at radius 2 is 2.00 bits per heavy atom. The SMILES string of the molecule is CCNC(=NCC(C)(O)c1ccc(C)o1)NCCCc1c(C)noc1C.I. The van der Waals surface area contributed by atoms with Crippen LogP contribution in [0, 0.1) is 20.8 Å². The Labute approximate surface area is 178 Å². The summed E-state index contributed by atoms with van der Waals surface area (Å²) in [7, 11) is 0. The predicted octanol–water partition coefficient (Wildman–Crippen LogP) is 3.21. The number of guanidine groups is 1. The lowest BCUT2D eigenvalue weighted by Crippen LogP contribution is -2.39. The van der Waals surface area contributed by atoms with Crippen LogP contribution in [0.3, 0.4) is 0 Å². The molecular weight excluding hydrogens is 459 g/mol. The predicted molar refractivity (Wildman–Crippen MR) is 117 cm³/mol. The first-order valence-corrected chi connectivity index (χ1v) is 9.06. The molecule has 2 aromatic heterocycles. The average molecular weight is 490 g/mol. The lowest BCUT2D eigenvalue weighted by Gasteiger charge is -2.19. The van der Waals surface area contributed by atoms with Gasteiger partial charge in [0.25, 0.3) is 0 Å². The van der Waals surface area contributed by atoms with Crippen molar-refractivity contribution in [3.63, 3.8) is 0 Å². The van der Waals surface area contributed by atoms with Gasteiger partial charge in [-0.2, -0.15) is 0 Å². The number of hydrogen-bond donors (Lipinski definition) is 3. The largest absolute Gasteiger partial charge is 0.463 e. The number of nitrogens with zero attached hydrogens (tertiary/aromatic N) is 2. The molecule has 0 saturated carbocycles. The molecule has 2 heterocycles. The van der Waals surface area contributed by atoms with Crippen molar-refractivity contribution in [3.8, 4) is 0 Å². The normalized spacial score (nSPS) is 13.8. The summed E-state index contributed by atoms with van der Waals surface area (Å²) in [5, 5.41) is 21.1. The molecule has 0 bridgehead atoms. The first kappa shape index (κ1) is 23.5. The molecule has 0 aliphatic rings. The third-order valence-electron chi connectivity index (χ3n) is 4.24. The number of aliphatic hydroxyl groups is 1. The minimum atomic E-state index is -1.15. The summed E-state index contributed by atoms with van der Waals surface area (Å²) in [6.07, 6.45) is 1.83. The van der Waals surface area contributed by atoms with Gasteiger partial charge in [0.1, 0.15) is 22.9 Å². The third-order valence-corrected chi connectivity index (χ3v) is 4.24. The highest BCUT2D eigenvalue weighted by Crippen LogP contribution is 2.23. The van der Waals surface area contributed by atoms with E-state index in [1.54, 1.807) is 13.0 Å². The Balaban J connectivity index is 0.00000364. The second kappa shape index (κ2) is 10.7. The van der Waals surface area contributed by atoms with E-state index in [4.69, 9.17) is 8.94 Å². The first-order chi connectivity index (χ1) is 12.3. The van der Waals surface area contributed by atoms with Gasteiger partial charge >= 0.3 is 0 Å². The van der Waals surface area contributed by atoms with Crippen molar-refractivity contribution >= 4 is 29.9 Å². The molecule has 7 nitrogen and oxygen atoms in total. The van der Waals surface area contributed by atoms with Crippen molar-refractivity contribution < 1.29 is 14.0 Å². The molecule has 1 atom stereocenters. The number of rotatable bonds is 8. The van der Waals surface area contributed by atoms with Crippen molar-refractivity contribution in [1.29, 1.82) is 0 Å². The highest BCUT2D eigenvalue weighted by Gasteiger charge is 2.26. The topological polar surface area (TPSA) is 95.8 Å². The summed E-state index contributed by atoms with van der Waals surface area (Å²) in [6.45, 7) is 11.2. The molecule has 27 heavy (non-hydrogen) atoms. The maximum absolute atomic E-state index is 10.6. The molecule has 0 fully saturated rings. The van der Waals surface area contributed by atoms with Crippen LogP contribution in [0.1, 0.15) is 48.8 Å². The van der Waals surface area contributed by atoms with Gasteiger partial charge in [-0.05, 0) is 59.6 Å². The van der Waals surface area contributed by atoms with Crippen LogP contribution in [0.25, 0.3) is 0 Å². The van der Waals surface area contributed by atoms with Crippen LogP contribution in [0.15, 0.2) is 26.1 Å². The first-order valence-electron chi connectivity index (χ1n) is 9.06. The van der Waals surface area contributed by atoms with E-state index in [1.807, 2.05) is 33.8 Å². The molecule has 3 N–H and O–H groups in total. The van der Waals surface area contributed by atoms with Crippen LogP contribution in [0.4, 0.5) is 0 Å². The number of hydrogen-bond acceptors (Lipinski definition) is 5. The summed E-state index contributed by atoms with van der Waals surface area (Å²) in [5.74, 6) is 2.85. The van der Waals surface area contributed by atoms with Gasteiger partial charge in [-0.3, -0.25) is 0 Å². The zero-order chi connectivity index (χ0) is 19.2. The maximum Gasteiger partial charge on any atom is 0.191 e. The molecule has 0 spiro atoms. The summed E-state index contributed by atoms with van der Waals surface area (Å²) >= 11 is 0. The van der Waals surface area contributed by atoms with E-state index >= 15 is 0 Å². The molecule has 0 aliphatic carbocycles. The molecule has 0 radical (unpaired) electrons. The number of aromatic nitrogens is 1. The van der Waals surface area contributed by atoms with E-state index in [1.165, 1.54) is 5.56 Å². The smallest absolute Gasteiger partial charge is 0.191 e. The van der Waals surface area contributed by atoms with Crippen molar-refractivity contribution in [2.75, 3.05) is 19.6 Å². The minimum absolute atomic E-state index is 0. The Morgan fingerprint density at radius 3 is 2.56 bits per heavy atom. The Bertz CT molecular complexity index is 718. The van der Waals surface area contributed by atoms with Gasteiger partial charge in [-0.25, -0.2) is 4.99 Å². The maximum atomic E-state index is 10.6. The summed E-state index contributed by atoms with van der Waals surface area (Å²) in [6, 6.07) is 3.63. The van der Waals surface area contributed by atoms with E-state index in [-0.39, 0.29) is 30.5 Å². The van der Waals surface area contributed by atoms with Crippen molar-refractivity contribution in [1.82, 2.24) is 15.8 Å². The van der Waals surface area contributed by atoms with Crippen LogP contribution >= 0.6 is 24.0 Å². The minimum Gasteiger partial charge on any atom is -0.463 e. The second-order valence-electron chi connectivity index (χ2n) is 6.71. The van der Waals surface area contributed by atoms with Crippen LogP contribution in [0.5, 0.6) is 0 Å². The van der Waals surface area contributed by atoms with E-state index in [0.717, 1.165) is 43.1 Å². The number of furan rings is 1. The zero-order valence-corrected chi connectivity index (χ0v) is 19.1. The molecular formula is C19H31IN4O3. The van der Waals surface area contributed by atoms with Crippen LogP contribution in [0.2, 0.25) is 0 Å². The Morgan fingerprint density at radius 1 is 1.26 bits per heavy atom. The molecule has 152 valence electrons. The Hall–Kier alpha value is -1.55. The van der Waals surface area contributed by atoms with Crippen molar-refractivity contribution in [2.45, 2.75) is 53.1 Å². The Kier molecular flexibility index (Phi) is 9.31. The van der Waals surface area contributed by atoms with Gasteiger partial charge in [-0.1, -0.05) is 5.16 Å². The van der Waals surface area contributed by atoms with Crippen LogP contribution < -0.4 is 10.6 Å². The molecule has 8 heteroatoms. The summed E-state index contributed by atoms with van der Waals surface area (Å²) in [5.41, 5.74) is 0.977. The standard InChI is InChI=1S/C19H30N4O3.HI/c1-6-20-18(21-11-7-8-16-14(3)23-26-15(16)4)22-12-19(5,24)17-10-9-13(2)25-17;/h9-10,24H,6-8,11-12H2,1-5H3,(H2,20,21,22);1H. The van der Waals surface area contributed by atoms with Gasteiger partial charge in [0.2, 0.25) is 0 Å². The fourth-order valence-corrected chi connectivity index (χ4v) is 2.71. The summed E-state index contributed by atoms with van der Waals surface area (Å²) < 4.78 is 10.7. The van der Waals surface area contributed by atoms with Gasteiger partial charge in [0, 0.05) is 18.7 Å². The molecule has 0 aliphatic heterocycles. The van der Waals surface area contributed by atoms with Crippen molar-refractivity contribution in [2.24, 2.45) is 4.99 Å². The fourth-order valence-electron chi connectivity index (χ4n) is 2.71. The van der Waals surface area contributed by atoms with Crippen molar-refractivity contribution in [3.05, 3.63) is 40.7 Å².